The normalized spacial score (nSPS) is 17.0. The zero-order valence-corrected chi connectivity index (χ0v) is 15.2. The third-order valence-electron chi connectivity index (χ3n) is 4.37. The maximum absolute atomic E-state index is 12.3. The van der Waals surface area contributed by atoms with E-state index in [0.717, 1.165) is 24.3 Å². The minimum absolute atomic E-state index is 0. The van der Waals surface area contributed by atoms with Gasteiger partial charge in [-0.25, -0.2) is 0 Å². The summed E-state index contributed by atoms with van der Waals surface area (Å²) in [6, 6.07) is 13.5. The predicted molar refractivity (Wildman–Crippen MR) is 103 cm³/mol. The van der Waals surface area contributed by atoms with Gasteiger partial charge in [-0.1, -0.05) is 29.8 Å². The fourth-order valence-corrected chi connectivity index (χ4v) is 3.09. The molecule has 0 aromatic heterocycles. The number of rotatable bonds is 3. The molecule has 0 radical (unpaired) electrons. The molecule has 2 N–H and O–H groups in total. The van der Waals surface area contributed by atoms with Gasteiger partial charge in [-0.3, -0.25) is 4.79 Å². The Morgan fingerprint density at radius 2 is 1.96 bits per heavy atom. The number of benzene rings is 2. The number of anilines is 1. The van der Waals surface area contributed by atoms with Gasteiger partial charge in [-0.05, 0) is 67.6 Å². The highest BCUT2D eigenvalue weighted by Crippen LogP contribution is 2.24. The van der Waals surface area contributed by atoms with Gasteiger partial charge in [0.1, 0.15) is 0 Å². The monoisotopic (exact) mass is 364 g/mol. The van der Waals surface area contributed by atoms with Crippen molar-refractivity contribution in [2.24, 2.45) is 0 Å². The Bertz CT molecular complexity index is 695. The molecule has 1 heterocycles. The quantitative estimate of drug-likeness (QED) is 0.821. The molecule has 0 saturated carbocycles. The van der Waals surface area contributed by atoms with Crippen molar-refractivity contribution in [3.8, 4) is 0 Å². The van der Waals surface area contributed by atoms with Crippen molar-refractivity contribution >= 4 is 35.6 Å². The minimum Gasteiger partial charge on any atom is -0.322 e. The average molecular weight is 365 g/mol. The lowest BCUT2D eigenvalue weighted by atomic mass is 9.91. The maximum Gasteiger partial charge on any atom is 0.255 e. The summed E-state index contributed by atoms with van der Waals surface area (Å²) in [6.45, 7) is 4.07. The molecular formula is C19H22Cl2N2O. The van der Waals surface area contributed by atoms with E-state index < -0.39 is 0 Å². The molecule has 0 bridgehead atoms. The molecule has 1 saturated heterocycles. The first kappa shape index (κ1) is 18.8. The van der Waals surface area contributed by atoms with E-state index in [-0.39, 0.29) is 18.3 Å². The van der Waals surface area contributed by atoms with Crippen LogP contribution in [0.2, 0.25) is 5.02 Å². The van der Waals surface area contributed by atoms with Crippen molar-refractivity contribution in [1.82, 2.24) is 5.32 Å². The lowest BCUT2D eigenvalue weighted by Crippen LogP contribution is -2.28. The average Bonchev–Trinajstić information content (AvgIpc) is 2.59. The second kappa shape index (κ2) is 8.52. The van der Waals surface area contributed by atoms with Gasteiger partial charge in [0.15, 0.2) is 0 Å². The first-order valence-corrected chi connectivity index (χ1v) is 8.39. The third-order valence-corrected chi connectivity index (χ3v) is 4.78. The van der Waals surface area contributed by atoms with Crippen LogP contribution in [0.4, 0.5) is 5.69 Å². The number of amides is 1. The Hall–Kier alpha value is -1.55. The van der Waals surface area contributed by atoms with Gasteiger partial charge >= 0.3 is 0 Å². The van der Waals surface area contributed by atoms with Gasteiger partial charge in [0, 0.05) is 22.8 Å². The van der Waals surface area contributed by atoms with E-state index in [1.165, 1.54) is 18.4 Å². The van der Waals surface area contributed by atoms with E-state index >= 15 is 0 Å². The van der Waals surface area contributed by atoms with Crippen molar-refractivity contribution in [1.29, 1.82) is 0 Å². The maximum atomic E-state index is 12.3. The van der Waals surface area contributed by atoms with Crippen molar-refractivity contribution in [2.75, 3.05) is 18.4 Å². The van der Waals surface area contributed by atoms with E-state index in [0.29, 0.717) is 16.5 Å². The van der Waals surface area contributed by atoms with Crippen LogP contribution in [0.1, 0.15) is 40.2 Å². The number of aryl methyl sites for hydroxylation is 1. The van der Waals surface area contributed by atoms with Gasteiger partial charge in [-0.2, -0.15) is 0 Å². The first-order chi connectivity index (χ1) is 11.1. The van der Waals surface area contributed by atoms with Crippen molar-refractivity contribution < 1.29 is 4.79 Å². The number of halogens is 2. The molecule has 24 heavy (non-hydrogen) atoms. The molecule has 128 valence electrons. The Kier molecular flexibility index (Phi) is 6.67. The fourth-order valence-electron chi connectivity index (χ4n) is 2.91. The fraction of sp³-hybridized carbons (Fsp3) is 0.316. The highest BCUT2D eigenvalue weighted by molar-refractivity contribution is 6.31. The van der Waals surface area contributed by atoms with Crippen molar-refractivity contribution in [3.05, 3.63) is 64.2 Å². The summed E-state index contributed by atoms with van der Waals surface area (Å²) in [5.41, 5.74) is 3.67. The smallest absolute Gasteiger partial charge is 0.255 e. The number of hydrogen-bond acceptors (Lipinski definition) is 2. The second-order valence-electron chi connectivity index (χ2n) is 6.08. The van der Waals surface area contributed by atoms with E-state index in [9.17, 15) is 4.79 Å². The molecule has 2 aromatic carbocycles. The van der Waals surface area contributed by atoms with Crippen LogP contribution < -0.4 is 10.6 Å². The molecule has 0 unspecified atom stereocenters. The Morgan fingerprint density at radius 1 is 1.21 bits per heavy atom. The standard InChI is InChI=1S/C19H21ClN2O.ClH/c1-13-4-5-15(11-18(13)20)19(23)22-17-8-6-14(7-9-17)16-3-2-10-21-12-16;/h4-9,11,16,21H,2-3,10,12H2,1H3,(H,22,23);1H/t16-;/m1./s1. The molecule has 3 nitrogen and oxygen atoms in total. The summed E-state index contributed by atoms with van der Waals surface area (Å²) < 4.78 is 0. The van der Waals surface area contributed by atoms with E-state index in [4.69, 9.17) is 11.6 Å². The summed E-state index contributed by atoms with van der Waals surface area (Å²) in [5, 5.41) is 6.96. The van der Waals surface area contributed by atoms with Gasteiger partial charge in [0.2, 0.25) is 0 Å². The number of hydrogen-bond donors (Lipinski definition) is 2. The van der Waals surface area contributed by atoms with Crippen LogP contribution in [-0.4, -0.2) is 19.0 Å². The molecule has 1 amide bonds. The van der Waals surface area contributed by atoms with Gasteiger partial charge < -0.3 is 10.6 Å². The van der Waals surface area contributed by atoms with Crippen LogP contribution in [0.25, 0.3) is 0 Å². The molecule has 0 spiro atoms. The van der Waals surface area contributed by atoms with Crippen LogP contribution in [0, 0.1) is 6.92 Å². The zero-order chi connectivity index (χ0) is 16.2. The summed E-state index contributed by atoms with van der Waals surface area (Å²) in [7, 11) is 0. The van der Waals surface area contributed by atoms with Crippen molar-refractivity contribution in [2.45, 2.75) is 25.7 Å². The van der Waals surface area contributed by atoms with Crippen LogP contribution in [-0.2, 0) is 0 Å². The first-order valence-electron chi connectivity index (χ1n) is 8.01. The second-order valence-corrected chi connectivity index (χ2v) is 6.49. The highest BCUT2D eigenvalue weighted by atomic mass is 35.5. The van der Waals surface area contributed by atoms with Gasteiger partial charge in [0.05, 0.1) is 0 Å². The molecule has 5 heteroatoms. The molecule has 1 atom stereocenters. The third kappa shape index (κ3) is 4.50. The SMILES string of the molecule is Cc1ccc(C(=O)Nc2ccc([C@@H]3CCCNC3)cc2)cc1Cl.Cl. The number of piperidine rings is 1. The topological polar surface area (TPSA) is 41.1 Å². The van der Waals surface area contributed by atoms with E-state index in [1.54, 1.807) is 12.1 Å². The van der Waals surface area contributed by atoms with Crippen LogP contribution in [0.3, 0.4) is 0 Å². The largest absolute Gasteiger partial charge is 0.322 e. The predicted octanol–water partition coefficient (Wildman–Crippen LogP) is 4.79. The Labute approximate surface area is 154 Å². The number of nitrogens with one attached hydrogen (secondary N) is 2. The van der Waals surface area contributed by atoms with Crippen molar-refractivity contribution in [3.63, 3.8) is 0 Å². The van der Waals surface area contributed by atoms with E-state index in [2.05, 4.69) is 22.8 Å². The Balaban J connectivity index is 0.00000208. The lowest BCUT2D eigenvalue weighted by molar-refractivity contribution is 0.102. The zero-order valence-electron chi connectivity index (χ0n) is 13.6. The van der Waals surface area contributed by atoms with Crippen LogP contribution in [0.5, 0.6) is 0 Å². The molecule has 2 aromatic rings. The summed E-state index contributed by atoms with van der Waals surface area (Å²) >= 11 is 6.08. The lowest BCUT2D eigenvalue weighted by Gasteiger charge is -2.23. The van der Waals surface area contributed by atoms with Crippen LogP contribution >= 0.6 is 24.0 Å². The number of carbonyl (C=O) groups excluding carboxylic acids is 1. The van der Waals surface area contributed by atoms with E-state index in [1.807, 2.05) is 25.1 Å². The highest BCUT2D eigenvalue weighted by Gasteiger charge is 2.15. The number of carbonyl (C=O) groups is 1. The van der Waals surface area contributed by atoms with Gasteiger partial charge in [0.25, 0.3) is 5.91 Å². The molecule has 1 fully saturated rings. The molecule has 1 aliphatic rings. The summed E-state index contributed by atoms with van der Waals surface area (Å²) in [6.07, 6.45) is 2.44. The molecule has 1 aliphatic heterocycles. The minimum atomic E-state index is -0.140. The Morgan fingerprint density at radius 3 is 2.58 bits per heavy atom. The summed E-state index contributed by atoms with van der Waals surface area (Å²) in [5.74, 6) is 0.434. The molecule has 0 aliphatic carbocycles. The molecule has 3 rings (SSSR count). The summed E-state index contributed by atoms with van der Waals surface area (Å²) in [4.78, 5) is 12.3. The van der Waals surface area contributed by atoms with Gasteiger partial charge in [-0.15, -0.1) is 12.4 Å². The molecular weight excluding hydrogens is 343 g/mol. The van der Waals surface area contributed by atoms with Crippen LogP contribution in [0.15, 0.2) is 42.5 Å².